The molecule has 0 unspecified atom stereocenters. The van der Waals surface area contributed by atoms with Crippen LogP contribution in [0.25, 0.3) is 0 Å². The van der Waals surface area contributed by atoms with Gasteiger partial charge in [0.1, 0.15) is 5.75 Å². The molecule has 0 atom stereocenters. The highest BCUT2D eigenvalue weighted by Gasteiger charge is 2.09. The van der Waals surface area contributed by atoms with Crippen LogP contribution in [0.5, 0.6) is 5.75 Å². The number of rotatable bonds is 8. The third kappa shape index (κ3) is 4.47. The number of hydrogen-bond donors (Lipinski definition) is 2. The third-order valence-electron chi connectivity index (χ3n) is 2.63. The van der Waals surface area contributed by atoms with Gasteiger partial charge in [0.05, 0.1) is 12.2 Å². The molecule has 18 heavy (non-hydrogen) atoms. The van der Waals surface area contributed by atoms with E-state index in [0.717, 1.165) is 25.1 Å². The zero-order chi connectivity index (χ0) is 13.4. The molecule has 0 aromatic heterocycles. The lowest BCUT2D eigenvalue weighted by atomic mass is 10.1. The monoisotopic (exact) mass is 250 g/mol. The number of benzene rings is 1. The second-order valence-electron chi connectivity index (χ2n) is 4.22. The Labute approximate surface area is 109 Å². The van der Waals surface area contributed by atoms with E-state index in [4.69, 9.17) is 4.74 Å². The number of hydrogen-bond acceptors (Lipinski definition) is 4. The number of ketones is 1. The summed E-state index contributed by atoms with van der Waals surface area (Å²) < 4.78 is 5.65. The maximum Gasteiger partial charge on any atom is 0.163 e. The van der Waals surface area contributed by atoms with Crippen LogP contribution in [0.3, 0.4) is 0 Å². The maximum absolute atomic E-state index is 11.6. The lowest BCUT2D eigenvalue weighted by Gasteiger charge is -2.11. The number of ether oxygens (including phenoxy) is 1. The highest BCUT2D eigenvalue weighted by Crippen LogP contribution is 2.21. The van der Waals surface area contributed by atoms with Crippen LogP contribution in [-0.2, 0) is 6.54 Å². The summed E-state index contributed by atoms with van der Waals surface area (Å²) in [5.41, 5.74) is 1.75. The Morgan fingerprint density at radius 1 is 1.28 bits per heavy atom. The van der Waals surface area contributed by atoms with Gasteiger partial charge in [-0.05, 0) is 51.7 Å². The molecule has 4 heteroatoms. The van der Waals surface area contributed by atoms with Gasteiger partial charge in [-0.25, -0.2) is 0 Å². The molecule has 100 valence electrons. The summed E-state index contributed by atoms with van der Waals surface area (Å²) in [4.78, 5) is 11.6. The van der Waals surface area contributed by atoms with Crippen LogP contribution < -0.4 is 15.4 Å². The molecule has 1 aromatic rings. The molecule has 0 amide bonds. The van der Waals surface area contributed by atoms with Crippen molar-refractivity contribution < 1.29 is 9.53 Å². The van der Waals surface area contributed by atoms with Crippen LogP contribution in [0.15, 0.2) is 18.2 Å². The normalized spacial score (nSPS) is 10.4. The van der Waals surface area contributed by atoms with Crippen LogP contribution in [0, 0.1) is 0 Å². The van der Waals surface area contributed by atoms with Crippen LogP contribution in [0.4, 0.5) is 0 Å². The van der Waals surface area contributed by atoms with Crippen molar-refractivity contribution in [3.63, 3.8) is 0 Å². The van der Waals surface area contributed by atoms with Gasteiger partial charge in [0.2, 0.25) is 0 Å². The fourth-order valence-corrected chi connectivity index (χ4v) is 1.72. The van der Waals surface area contributed by atoms with E-state index in [1.165, 1.54) is 0 Å². The molecule has 0 aliphatic carbocycles. The third-order valence-corrected chi connectivity index (χ3v) is 2.63. The number of Topliss-reactive ketones (excluding diaryl/α,β-unsaturated/α-hetero) is 1. The fourth-order valence-electron chi connectivity index (χ4n) is 1.72. The highest BCUT2D eigenvalue weighted by atomic mass is 16.5. The van der Waals surface area contributed by atoms with E-state index in [0.29, 0.717) is 17.9 Å². The topological polar surface area (TPSA) is 50.4 Å². The summed E-state index contributed by atoms with van der Waals surface area (Å²) in [6.45, 7) is 3.85. The van der Waals surface area contributed by atoms with E-state index in [1.54, 1.807) is 6.92 Å². The molecule has 0 bridgehead atoms. The Morgan fingerprint density at radius 3 is 2.67 bits per heavy atom. The average Bonchev–Trinajstić information content (AvgIpc) is 2.36. The zero-order valence-electron chi connectivity index (χ0n) is 11.4. The van der Waals surface area contributed by atoms with Gasteiger partial charge in [0.25, 0.3) is 0 Å². The summed E-state index contributed by atoms with van der Waals surface area (Å²) in [6.07, 6.45) is 0.923. The second kappa shape index (κ2) is 7.84. The quantitative estimate of drug-likeness (QED) is 0.543. The maximum atomic E-state index is 11.6. The van der Waals surface area contributed by atoms with E-state index in [-0.39, 0.29) is 5.78 Å². The van der Waals surface area contributed by atoms with Gasteiger partial charge < -0.3 is 15.4 Å². The SMILES string of the molecule is CNCCCOc1ccc(CNC)cc1C(C)=O. The summed E-state index contributed by atoms with van der Waals surface area (Å²) in [5.74, 6) is 0.718. The molecule has 0 aliphatic rings. The average molecular weight is 250 g/mol. The van der Waals surface area contributed by atoms with Crippen LogP contribution >= 0.6 is 0 Å². The first kappa shape index (κ1) is 14.7. The van der Waals surface area contributed by atoms with Crippen LogP contribution in [-0.4, -0.2) is 33.0 Å². The molecule has 2 N–H and O–H groups in total. The van der Waals surface area contributed by atoms with Crippen molar-refractivity contribution in [3.05, 3.63) is 29.3 Å². The van der Waals surface area contributed by atoms with Gasteiger partial charge in [0, 0.05) is 6.54 Å². The largest absolute Gasteiger partial charge is 0.493 e. The van der Waals surface area contributed by atoms with Crippen molar-refractivity contribution in [2.75, 3.05) is 27.2 Å². The minimum atomic E-state index is 0.0385. The van der Waals surface area contributed by atoms with Gasteiger partial charge in [0.15, 0.2) is 5.78 Å². The van der Waals surface area contributed by atoms with E-state index < -0.39 is 0 Å². The molecule has 4 nitrogen and oxygen atoms in total. The van der Waals surface area contributed by atoms with E-state index in [1.807, 2.05) is 32.3 Å². The fraction of sp³-hybridized carbons (Fsp3) is 0.500. The summed E-state index contributed by atoms with van der Waals surface area (Å²) in [6, 6.07) is 5.76. The van der Waals surface area contributed by atoms with Crippen molar-refractivity contribution in [3.8, 4) is 5.75 Å². The number of carbonyl (C=O) groups is 1. The lowest BCUT2D eigenvalue weighted by molar-refractivity contribution is 0.101. The molecular weight excluding hydrogens is 228 g/mol. The molecule has 0 spiro atoms. The van der Waals surface area contributed by atoms with Crippen LogP contribution in [0.1, 0.15) is 29.3 Å². The second-order valence-corrected chi connectivity index (χ2v) is 4.22. The van der Waals surface area contributed by atoms with Gasteiger partial charge in [-0.2, -0.15) is 0 Å². The Morgan fingerprint density at radius 2 is 2.06 bits per heavy atom. The first-order chi connectivity index (χ1) is 8.69. The Hall–Kier alpha value is -1.39. The first-order valence-electron chi connectivity index (χ1n) is 6.25. The molecule has 0 heterocycles. The van der Waals surface area contributed by atoms with Crippen LogP contribution in [0.2, 0.25) is 0 Å². The predicted molar refractivity (Wildman–Crippen MR) is 73.2 cm³/mol. The van der Waals surface area contributed by atoms with Gasteiger partial charge in [-0.1, -0.05) is 6.07 Å². The minimum absolute atomic E-state index is 0.0385. The van der Waals surface area contributed by atoms with E-state index in [9.17, 15) is 4.79 Å². The Balaban J connectivity index is 2.73. The molecule has 0 fully saturated rings. The van der Waals surface area contributed by atoms with Gasteiger partial charge >= 0.3 is 0 Å². The Bertz CT molecular complexity index is 391. The molecule has 0 radical (unpaired) electrons. The van der Waals surface area contributed by atoms with Crippen molar-refractivity contribution in [2.45, 2.75) is 19.9 Å². The highest BCUT2D eigenvalue weighted by molar-refractivity contribution is 5.97. The van der Waals surface area contributed by atoms with Crippen molar-refractivity contribution >= 4 is 5.78 Å². The van der Waals surface area contributed by atoms with E-state index in [2.05, 4.69) is 10.6 Å². The molecule has 1 aromatic carbocycles. The Kier molecular flexibility index (Phi) is 6.39. The standard InChI is InChI=1S/C14H22N2O2/c1-11(17)13-9-12(10-16-3)5-6-14(13)18-8-4-7-15-2/h5-6,9,15-16H,4,7-8,10H2,1-3H3. The van der Waals surface area contributed by atoms with E-state index >= 15 is 0 Å². The molecule has 0 aliphatic heterocycles. The molecule has 1 rings (SSSR count). The van der Waals surface area contributed by atoms with Crippen molar-refractivity contribution in [2.24, 2.45) is 0 Å². The van der Waals surface area contributed by atoms with Gasteiger partial charge in [-0.3, -0.25) is 4.79 Å². The predicted octanol–water partition coefficient (Wildman–Crippen LogP) is 1.60. The summed E-state index contributed by atoms with van der Waals surface area (Å²) in [5, 5.41) is 6.13. The molecule has 0 saturated heterocycles. The first-order valence-corrected chi connectivity index (χ1v) is 6.25. The lowest BCUT2D eigenvalue weighted by Crippen LogP contribution is -2.12. The smallest absolute Gasteiger partial charge is 0.163 e. The number of carbonyl (C=O) groups excluding carboxylic acids is 1. The summed E-state index contributed by atoms with van der Waals surface area (Å²) in [7, 11) is 3.79. The zero-order valence-corrected chi connectivity index (χ0v) is 11.4. The van der Waals surface area contributed by atoms with Crippen molar-refractivity contribution in [1.82, 2.24) is 10.6 Å². The minimum Gasteiger partial charge on any atom is -0.493 e. The summed E-state index contributed by atoms with van der Waals surface area (Å²) >= 11 is 0. The van der Waals surface area contributed by atoms with Crippen molar-refractivity contribution in [1.29, 1.82) is 0 Å². The molecule has 0 saturated carbocycles. The molecular formula is C14H22N2O2. The number of nitrogens with one attached hydrogen (secondary N) is 2. The van der Waals surface area contributed by atoms with Gasteiger partial charge in [-0.15, -0.1) is 0 Å².